The number of rotatable bonds is 12. The number of nitrogens with one attached hydrogen (secondary N) is 1. The number of hydrogen-bond donors (Lipinski definition) is 1. The van der Waals surface area contributed by atoms with E-state index in [9.17, 15) is 0 Å². The molecule has 0 spiro atoms. The van der Waals surface area contributed by atoms with E-state index in [2.05, 4.69) is 56.8 Å². The van der Waals surface area contributed by atoms with Crippen molar-refractivity contribution >= 4 is 0 Å². The summed E-state index contributed by atoms with van der Waals surface area (Å²) in [6.45, 7) is 4.81. The van der Waals surface area contributed by atoms with E-state index in [1.807, 2.05) is 23.9 Å². The minimum Gasteiger partial charge on any atom is -0.347 e. The number of H-pyrrole nitrogens is 1. The lowest BCUT2D eigenvalue weighted by molar-refractivity contribution is -0.222. The van der Waals surface area contributed by atoms with Gasteiger partial charge in [-0.05, 0) is 34.0 Å². The molecule has 184 valence electrons. The van der Waals surface area contributed by atoms with E-state index in [1.165, 1.54) is 0 Å². The maximum Gasteiger partial charge on any atom is 0.231 e. The van der Waals surface area contributed by atoms with Gasteiger partial charge in [-0.2, -0.15) is 0 Å². The predicted octanol–water partition coefficient (Wildman–Crippen LogP) is 4.16. The Morgan fingerprint density at radius 2 is 1.80 bits per heavy atom. The molecule has 0 amide bonds. The number of tetrazole rings is 1. The van der Waals surface area contributed by atoms with Gasteiger partial charge in [0, 0.05) is 50.6 Å². The number of methoxy groups -OCH3 is 2. The fourth-order valence-corrected chi connectivity index (χ4v) is 4.16. The summed E-state index contributed by atoms with van der Waals surface area (Å²) in [6.07, 6.45) is 8.39. The van der Waals surface area contributed by atoms with Crippen LogP contribution in [0, 0.1) is 0 Å². The number of benzene rings is 1. The van der Waals surface area contributed by atoms with Crippen LogP contribution in [-0.2, 0) is 28.2 Å². The number of aromatic amines is 1. The second-order valence-electron chi connectivity index (χ2n) is 8.35. The molecule has 0 aliphatic rings. The molecule has 0 aliphatic carbocycles. The van der Waals surface area contributed by atoms with Gasteiger partial charge in [0.15, 0.2) is 5.82 Å². The lowest BCUT2D eigenvalue weighted by Crippen LogP contribution is -2.31. The smallest absolute Gasteiger partial charge is 0.231 e. The molecule has 3 aromatic heterocycles. The molecule has 0 aliphatic heterocycles. The minimum absolute atomic E-state index is 0.564. The van der Waals surface area contributed by atoms with Gasteiger partial charge in [0.25, 0.3) is 0 Å². The first-order chi connectivity index (χ1) is 17.1. The summed E-state index contributed by atoms with van der Waals surface area (Å²) in [5.41, 5.74) is 3.99. The first kappa shape index (κ1) is 24.6. The van der Waals surface area contributed by atoms with E-state index in [0.29, 0.717) is 24.6 Å². The monoisotopic (exact) mass is 476 g/mol. The molecule has 1 aromatic carbocycles. The molecule has 1 N–H and O–H groups in total. The zero-order chi connectivity index (χ0) is 24.7. The Labute approximate surface area is 205 Å². The molecule has 4 aromatic rings. The van der Waals surface area contributed by atoms with Crippen LogP contribution in [0.5, 0.6) is 0 Å². The highest BCUT2D eigenvalue weighted by molar-refractivity contribution is 5.79. The fraction of sp³-hybridized carbons (Fsp3) is 0.440. The summed E-state index contributed by atoms with van der Waals surface area (Å²) in [7, 11) is 3.26. The van der Waals surface area contributed by atoms with Gasteiger partial charge >= 0.3 is 0 Å². The Balaban J connectivity index is 1.61. The molecule has 0 radical (unpaired) electrons. The van der Waals surface area contributed by atoms with Crippen molar-refractivity contribution in [3.8, 4) is 22.5 Å². The van der Waals surface area contributed by atoms with Crippen LogP contribution in [-0.4, -0.2) is 54.6 Å². The van der Waals surface area contributed by atoms with E-state index >= 15 is 0 Å². The van der Waals surface area contributed by atoms with E-state index in [4.69, 9.17) is 19.6 Å². The van der Waals surface area contributed by atoms with Gasteiger partial charge in [-0.1, -0.05) is 51.0 Å². The molecule has 0 fully saturated rings. The molecule has 0 unspecified atom stereocenters. The van der Waals surface area contributed by atoms with E-state index in [-0.39, 0.29) is 0 Å². The minimum atomic E-state index is -0.944. The topological polar surface area (TPSA) is 117 Å². The average molecular weight is 477 g/mol. The lowest BCUT2D eigenvalue weighted by atomic mass is 10.0. The predicted molar refractivity (Wildman–Crippen MR) is 131 cm³/mol. The highest BCUT2D eigenvalue weighted by Gasteiger charge is 2.35. The van der Waals surface area contributed by atoms with Crippen LogP contribution in [0.25, 0.3) is 22.5 Å². The first-order valence-electron chi connectivity index (χ1n) is 12.0. The average Bonchev–Trinajstić information content (AvgIpc) is 3.57. The van der Waals surface area contributed by atoms with E-state index in [0.717, 1.165) is 53.8 Å². The van der Waals surface area contributed by atoms with Gasteiger partial charge in [0.05, 0.1) is 6.54 Å². The normalized spacial score (nSPS) is 11.8. The van der Waals surface area contributed by atoms with E-state index < -0.39 is 5.79 Å². The Morgan fingerprint density at radius 1 is 1.00 bits per heavy atom. The van der Waals surface area contributed by atoms with E-state index in [1.54, 1.807) is 20.4 Å². The summed E-state index contributed by atoms with van der Waals surface area (Å²) in [5, 5.41) is 19.1. The lowest BCUT2D eigenvalue weighted by Gasteiger charge is -2.26. The largest absolute Gasteiger partial charge is 0.347 e. The third-order valence-electron chi connectivity index (χ3n) is 6.24. The molecule has 0 saturated heterocycles. The summed E-state index contributed by atoms with van der Waals surface area (Å²) in [5.74, 6) is 1.17. The van der Waals surface area contributed by atoms with Gasteiger partial charge in [0.1, 0.15) is 5.82 Å². The van der Waals surface area contributed by atoms with Crippen LogP contribution >= 0.6 is 0 Å². The standard InChI is InChI=1S/C25H32N8O2/c1-5-7-8-9-22-27-24(25(6-2,34-3)35-4)30-33(22)17-18-10-12-19(13-11-18)21-16-26-15-14-20(21)23-28-31-32-29-23/h10-16H,5-9,17H2,1-4H3,(H,28,29,31,32). The van der Waals surface area contributed by atoms with Crippen molar-refractivity contribution in [2.24, 2.45) is 0 Å². The van der Waals surface area contributed by atoms with Crippen LogP contribution in [0.15, 0.2) is 42.7 Å². The quantitative estimate of drug-likeness (QED) is 0.239. The zero-order valence-electron chi connectivity index (χ0n) is 20.7. The number of pyridine rings is 1. The number of ether oxygens (including phenoxy) is 2. The third kappa shape index (κ3) is 5.28. The maximum absolute atomic E-state index is 5.69. The summed E-state index contributed by atoms with van der Waals surface area (Å²) in [6, 6.07) is 10.3. The van der Waals surface area contributed by atoms with Crippen molar-refractivity contribution in [1.82, 2.24) is 40.4 Å². The Kier molecular flexibility index (Phi) is 7.94. The SMILES string of the molecule is CCCCCc1nc(C(CC)(OC)OC)nn1Cc1ccc(-c2cnccc2-c2nnn[nH]2)cc1. The molecular weight excluding hydrogens is 444 g/mol. The van der Waals surface area contributed by atoms with Crippen LogP contribution in [0.2, 0.25) is 0 Å². The van der Waals surface area contributed by atoms with Gasteiger partial charge in [-0.25, -0.2) is 14.8 Å². The molecule has 4 rings (SSSR count). The summed E-state index contributed by atoms with van der Waals surface area (Å²) >= 11 is 0. The molecule has 10 heteroatoms. The summed E-state index contributed by atoms with van der Waals surface area (Å²) < 4.78 is 13.4. The van der Waals surface area contributed by atoms with Crippen molar-refractivity contribution < 1.29 is 9.47 Å². The van der Waals surface area contributed by atoms with Crippen molar-refractivity contribution in [1.29, 1.82) is 0 Å². The van der Waals surface area contributed by atoms with Crippen molar-refractivity contribution in [2.75, 3.05) is 14.2 Å². The highest BCUT2D eigenvalue weighted by atomic mass is 16.7. The number of aryl methyl sites for hydroxylation is 1. The van der Waals surface area contributed by atoms with Crippen molar-refractivity contribution in [3.05, 3.63) is 59.9 Å². The molecule has 0 atom stereocenters. The first-order valence-corrected chi connectivity index (χ1v) is 12.0. The van der Waals surface area contributed by atoms with Gasteiger partial charge < -0.3 is 9.47 Å². The number of aromatic nitrogens is 8. The van der Waals surface area contributed by atoms with Gasteiger partial charge in [0.2, 0.25) is 11.6 Å². The number of hydrogen-bond acceptors (Lipinski definition) is 8. The molecule has 10 nitrogen and oxygen atoms in total. The number of nitrogens with zero attached hydrogens (tertiary/aromatic N) is 7. The highest BCUT2D eigenvalue weighted by Crippen LogP contribution is 2.30. The second-order valence-corrected chi connectivity index (χ2v) is 8.35. The molecule has 0 bridgehead atoms. The zero-order valence-corrected chi connectivity index (χ0v) is 20.7. The van der Waals surface area contributed by atoms with Gasteiger partial charge in [-0.3, -0.25) is 4.98 Å². The van der Waals surface area contributed by atoms with Crippen molar-refractivity contribution in [2.45, 2.75) is 58.3 Å². The molecular formula is C25H32N8O2. The van der Waals surface area contributed by atoms with Gasteiger partial charge in [-0.15, -0.1) is 10.2 Å². The fourth-order valence-electron chi connectivity index (χ4n) is 4.16. The van der Waals surface area contributed by atoms with Crippen molar-refractivity contribution in [3.63, 3.8) is 0 Å². The third-order valence-corrected chi connectivity index (χ3v) is 6.24. The maximum atomic E-state index is 5.69. The van der Waals surface area contributed by atoms with Crippen LogP contribution in [0.1, 0.15) is 56.7 Å². The van der Waals surface area contributed by atoms with Crippen LogP contribution < -0.4 is 0 Å². The Hall–Kier alpha value is -3.50. The number of unbranched alkanes of at least 4 members (excludes halogenated alkanes) is 2. The summed E-state index contributed by atoms with van der Waals surface area (Å²) in [4.78, 5) is 9.13. The second kappa shape index (κ2) is 11.3. The van der Waals surface area contributed by atoms with Crippen LogP contribution in [0.4, 0.5) is 0 Å². The Morgan fingerprint density at radius 3 is 2.46 bits per heavy atom. The molecule has 0 saturated carbocycles. The Bertz CT molecular complexity index is 1190. The van der Waals surface area contributed by atoms with Crippen LogP contribution in [0.3, 0.4) is 0 Å². The molecule has 35 heavy (non-hydrogen) atoms. The molecule has 3 heterocycles.